The topological polar surface area (TPSA) is 94.1 Å². The number of esters is 1. The highest BCUT2D eigenvalue weighted by molar-refractivity contribution is 7.45. The summed E-state index contributed by atoms with van der Waals surface area (Å²) in [5.74, 6) is -0.339. The van der Waals surface area contributed by atoms with Gasteiger partial charge in [0.05, 0.1) is 34.4 Å². The molecule has 0 fully saturated rings. The summed E-state index contributed by atoms with van der Waals surface area (Å²) in [6.45, 7) is 5.39. The molecule has 0 bridgehead atoms. The largest absolute Gasteiger partial charge is 0.756 e. The molecule has 0 aromatic heterocycles. The number of unbranched alkanes of at least 4 members (excludes halogenated alkanes) is 25. The Labute approximate surface area is 359 Å². The van der Waals surface area contributed by atoms with E-state index < -0.39 is 13.9 Å². The summed E-state index contributed by atoms with van der Waals surface area (Å²) in [6.07, 6.45) is 50.1. The van der Waals surface area contributed by atoms with Crippen LogP contribution in [0.25, 0.3) is 0 Å². The summed E-state index contributed by atoms with van der Waals surface area (Å²) in [5.41, 5.74) is 0. The zero-order valence-corrected chi connectivity index (χ0v) is 39.6. The maximum atomic E-state index is 12.7. The molecule has 0 aliphatic carbocycles. The lowest BCUT2D eigenvalue weighted by molar-refractivity contribution is -0.870. The Bertz CT molecular complexity index is 1020. The number of hydrogen-bond acceptors (Lipinski definition) is 7. The van der Waals surface area contributed by atoms with E-state index in [1.807, 2.05) is 21.1 Å². The number of allylic oxidation sites excluding steroid dienone is 6. The number of phosphoric ester groups is 1. The van der Waals surface area contributed by atoms with Gasteiger partial charge in [-0.25, -0.2) is 0 Å². The smallest absolute Gasteiger partial charge is 0.306 e. The van der Waals surface area contributed by atoms with Crippen LogP contribution in [0, 0.1) is 0 Å². The van der Waals surface area contributed by atoms with E-state index in [9.17, 15) is 14.3 Å². The van der Waals surface area contributed by atoms with Crippen molar-refractivity contribution < 1.29 is 37.3 Å². The normalized spacial score (nSPS) is 14.0. The number of hydrogen-bond donors (Lipinski definition) is 0. The molecule has 0 radical (unpaired) electrons. The number of ether oxygens (including phenoxy) is 2. The van der Waals surface area contributed by atoms with Gasteiger partial charge in [-0.1, -0.05) is 172 Å². The number of phosphoric acid groups is 1. The van der Waals surface area contributed by atoms with Gasteiger partial charge in [-0.2, -0.15) is 0 Å². The van der Waals surface area contributed by atoms with Gasteiger partial charge in [-0.3, -0.25) is 9.36 Å². The molecule has 0 aliphatic heterocycles. The summed E-state index contributed by atoms with van der Waals surface area (Å²) in [6, 6.07) is 0. The number of carbonyl (C=O) groups excluding carboxylic acids is 1. The maximum Gasteiger partial charge on any atom is 0.306 e. The molecule has 0 saturated heterocycles. The SMILES string of the molecule is CCCCC/C=C\C/C=C\CCCCCCCCCCOCC(COP(=O)([O-])OCC[N+](C)(C)C)OC(=O)CCCCCCCCC/C=C\CCCCCCCCC. The van der Waals surface area contributed by atoms with Gasteiger partial charge in [0.2, 0.25) is 0 Å². The summed E-state index contributed by atoms with van der Waals surface area (Å²) in [7, 11) is 1.35. The minimum absolute atomic E-state index is 0.0242. The van der Waals surface area contributed by atoms with E-state index >= 15 is 0 Å². The molecule has 0 amide bonds. The lowest BCUT2D eigenvalue weighted by atomic mass is 10.1. The lowest BCUT2D eigenvalue weighted by Crippen LogP contribution is -2.37. The third-order valence-corrected chi connectivity index (χ3v) is 11.4. The molecule has 0 aromatic carbocycles. The van der Waals surface area contributed by atoms with Gasteiger partial charge in [0.25, 0.3) is 7.82 Å². The van der Waals surface area contributed by atoms with Crippen LogP contribution in [-0.4, -0.2) is 70.7 Å². The van der Waals surface area contributed by atoms with Crippen LogP contribution in [-0.2, 0) is 27.9 Å². The van der Waals surface area contributed by atoms with E-state index in [1.54, 1.807) is 0 Å². The van der Waals surface area contributed by atoms with Gasteiger partial charge in [-0.15, -0.1) is 0 Å². The van der Waals surface area contributed by atoms with Crippen molar-refractivity contribution in [1.82, 2.24) is 0 Å². The molecular formula is C49H94NO7P. The third-order valence-electron chi connectivity index (χ3n) is 10.4. The molecule has 9 heteroatoms. The van der Waals surface area contributed by atoms with Crippen LogP contribution >= 0.6 is 7.82 Å². The number of likely N-dealkylation sites (N-methyl/N-ethyl adjacent to an activating group) is 1. The summed E-state index contributed by atoms with van der Waals surface area (Å²) >= 11 is 0. The lowest BCUT2D eigenvalue weighted by Gasteiger charge is -2.28. The van der Waals surface area contributed by atoms with E-state index in [-0.39, 0.29) is 25.8 Å². The predicted octanol–water partition coefficient (Wildman–Crippen LogP) is 13.9. The Morgan fingerprint density at radius 2 is 0.948 bits per heavy atom. The minimum atomic E-state index is -4.53. The highest BCUT2D eigenvalue weighted by atomic mass is 31.2. The molecule has 0 saturated carbocycles. The van der Waals surface area contributed by atoms with Gasteiger partial charge in [0, 0.05) is 13.0 Å². The van der Waals surface area contributed by atoms with E-state index in [1.165, 1.54) is 154 Å². The van der Waals surface area contributed by atoms with Crippen molar-refractivity contribution in [2.45, 2.75) is 219 Å². The molecule has 0 aromatic rings. The van der Waals surface area contributed by atoms with Crippen molar-refractivity contribution in [3.05, 3.63) is 36.5 Å². The molecule has 0 rings (SSSR count). The number of carbonyl (C=O) groups is 1. The first-order valence-corrected chi connectivity index (χ1v) is 25.7. The van der Waals surface area contributed by atoms with Crippen molar-refractivity contribution in [3.8, 4) is 0 Å². The molecule has 0 aliphatic rings. The van der Waals surface area contributed by atoms with Gasteiger partial charge in [0.15, 0.2) is 0 Å². The van der Waals surface area contributed by atoms with E-state index in [0.717, 1.165) is 38.5 Å². The Balaban J connectivity index is 4.19. The van der Waals surface area contributed by atoms with Crippen LogP contribution in [0.4, 0.5) is 0 Å². The Kier molecular flexibility index (Phi) is 41.5. The molecule has 0 N–H and O–H groups in total. The Hall–Kier alpha value is -1.28. The average Bonchev–Trinajstić information content (AvgIpc) is 3.18. The van der Waals surface area contributed by atoms with Gasteiger partial charge < -0.3 is 27.9 Å². The molecule has 58 heavy (non-hydrogen) atoms. The second-order valence-electron chi connectivity index (χ2n) is 17.5. The fraction of sp³-hybridized carbons (Fsp3) is 0.857. The minimum Gasteiger partial charge on any atom is -0.756 e. The van der Waals surface area contributed by atoms with Crippen LogP contribution in [0.1, 0.15) is 213 Å². The number of rotatable bonds is 45. The van der Waals surface area contributed by atoms with E-state index in [2.05, 4.69) is 50.3 Å². The maximum absolute atomic E-state index is 12.7. The molecule has 0 spiro atoms. The highest BCUT2D eigenvalue weighted by Gasteiger charge is 2.20. The van der Waals surface area contributed by atoms with Crippen molar-refractivity contribution in [3.63, 3.8) is 0 Å². The second kappa shape index (κ2) is 42.4. The molecule has 0 heterocycles. The van der Waals surface area contributed by atoms with Crippen molar-refractivity contribution in [2.75, 3.05) is 54.1 Å². The Morgan fingerprint density at radius 3 is 1.45 bits per heavy atom. The van der Waals surface area contributed by atoms with Gasteiger partial charge in [0.1, 0.15) is 19.3 Å². The predicted molar refractivity (Wildman–Crippen MR) is 245 cm³/mol. The standard InChI is InChI=1S/C49H94NO7P/c1-6-8-10-12-14-16-18-20-22-24-26-28-30-32-34-36-38-40-42-49(51)57-48(47-56-58(52,53)55-45-43-50(3,4)5)46-54-44-41-39-37-35-33-31-29-27-25-23-21-19-17-15-13-11-9-7-2/h15,17,21-24,48H,6-14,16,18-20,25-47H2,1-5H3/b17-15-,23-21-,24-22-. The first kappa shape index (κ1) is 56.7. The molecule has 342 valence electrons. The molecule has 2 atom stereocenters. The summed E-state index contributed by atoms with van der Waals surface area (Å²) in [5, 5.41) is 0. The zero-order valence-electron chi connectivity index (χ0n) is 38.7. The van der Waals surface area contributed by atoms with Gasteiger partial charge in [-0.05, 0) is 70.6 Å². The fourth-order valence-electron chi connectivity index (χ4n) is 6.63. The van der Waals surface area contributed by atoms with Crippen LogP contribution in [0.5, 0.6) is 0 Å². The fourth-order valence-corrected chi connectivity index (χ4v) is 7.36. The summed E-state index contributed by atoms with van der Waals surface area (Å²) < 4.78 is 34.7. The van der Waals surface area contributed by atoms with Crippen molar-refractivity contribution in [2.24, 2.45) is 0 Å². The average molecular weight is 840 g/mol. The Morgan fingerprint density at radius 1 is 0.534 bits per heavy atom. The van der Waals surface area contributed by atoms with Crippen LogP contribution < -0.4 is 4.89 Å². The van der Waals surface area contributed by atoms with E-state index in [0.29, 0.717) is 24.1 Å². The van der Waals surface area contributed by atoms with Crippen molar-refractivity contribution >= 4 is 13.8 Å². The molecule has 8 nitrogen and oxygen atoms in total. The van der Waals surface area contributed by atoms with Gasteiger partial charge >= 0.3 is 5.97 Å². The monoisotopic (exact) mass is 840 g/mol. The van der Waals surface area contributed by atoms with Crippen LogP contribution in [0.15, 0.2) is 36.5 Å². The quantitative estimate of drug-likeness (QED) is 0.0198. The van der Waals surface area contributed by atoms with E-state index in [4.69, 9.17) is 18.5 Å². The third kappa shape index (κ3) is 45.8. The molecular weight excluding hydrogens is 746 g/mol. The summed E-state index contributed by atoms with van der Waals surface area (Å²) in [4.78, 5) is 25.1. The molecule has 2 unspecified atom stereocenters. The first-order valence-electron chi connectivity index (χ1n) is 24.2. The number of quaternary nitrogens is 1. The highest BCUT2D eigenvalue weighted by Crippen LogP contribution is 2.38. The first-order chi connectivity index (χ1) is 28.1. The zero-order chi connectivity index (χ0) is 42.7. The second-order valence-corrected chi connectivity index (χ2v) is 18.9. The number of nitrogens with zero attached hydrogens (tertiary/aromatic N) is 1. The van der Waals surface area contributed by atoms with Crippen molar-refractivity contribution in [1.29, 1.82) is 0 Å². The van der Waals surface area contributed by atoms with Crippen LogP contribution in [0.3, 0.4) is 0 Å². The van der Waals surface area contributed by atoms with Crippen LogP contribution in [0.2, 0.25) is 0 Å².